The van der Waals surface area contributed by atoms with Crippen LogP contribution >= 0.6 is 0 Å². The van der Waals surface area contributed by atoms with Crippen molar-refractivity contribution in [2.24, 2.45) is 0 Å². The van der Waals surface area contributed by atoms with E-state index in [9.17, 15) is 21.6 Å². The maximum absolute atomic E-state index is 13.7. The molecule has 0 aliphatic carbocycles. The molecular formula is C17H14F3N3O3S. The summed E-state index contributed by atoms with van der Waals surface area (Å²) in [5.74, 6) is -4.06. The lowest BCUT2D eigenvalue weighted by Gasteiger charge is -2.11. The van der Waals surface area contributed by atoms with Gasteiger partial charge in [0.15, 0.2) is 28.1 Å². The first-order chi connectivity index (χ1) is 12.7. The number of halogens is 3. The van der Waals surface area contributed by atoms with Gasteiger partial charge in [-0.1, -0.05) is 5.16 Å². The molecule has 0 saturated carbocycles. The first-order valence-corrected chi connectivity index (χ1v) is 9.13. The second-order valence-electron chi connectivity index (χ2n) is 5.68. The number of hydrogen-bond donors (Lipinski definition) is 2. The van der Waals surface area contributed by atoms with Gasteiger partial charge in [0.1, 0.15) is 5.69 Å². The third-order valence-corrected chi connectivity index (χ3v) is 5.31. The first kappa shape index (κ1) is 18.8. The fraction of sp³-hybridized carbons (Fsp3) is 0.118. The van der Waals surface area contributed by atoms with E-state index in [0.717, 1.165) is 12.1 Å². The minimum Gasteiger partial charge on any atom is -0.360 e. The maximum atomic E-state index is 13.7. The molecule has 10 heteroatoms. The molecule has 0 amide bonds. The van der Waals surface area contributed by atoms with Gasteiger partial charge in [-0.25, -0.2) is 21.6 Å². The van der Waals surface area contributed by atoms with Crippen LogP contribution in [-0.4, -0.2) is 13.6 Å². The van der Waals surface area contributed by atoms with Crippen LogP contribution in [0.3, 0.4) is 0 Å². The van der Waals surface area contributed by atoms with E-state index < -0.39 is 27.5 Å². The minimum absolute atomic E-state index is 0.0476. The van der Waals surface area contributed by atoms with Crippen LogP contribution in [0.5, 0.6) is 0 Å². The van der Waals surface area contributed by atoms with Gasteiger partial charge < -0.3 is 9.84 Å². The fourth-order valence-electron chi connectivity index (χ4n) is 2.46. The predicted molar refractivity (Wildman–Crippen MR) is 92.8 cm³/mol. The number of hydrogen-bond acceptors (Lipinski definition) is 5. The number of anilines is 3. The molecule has 6 nitrogen and oxygen atoms in total. The van der Waals surface area contributed by atoms with Crippen LogP contribution in [-0.2, 0) is 10.0 Å². The third-order valence-electron chi connectivity index (χ3n) is 3.69. The summed E-state index contributed by atoms with van der Waals surface area (Å²) in [5, 5.41) is 6.20. The zero-order chi connectivity index (χ0) is 19.8. The third kappa shape index (κ3) is 3.75. The summed E-state index contributed by atoms with van der Waals surface area (Å²) < 4.78 is 72.1. The molecule has 3 aromatic rings. The van der Waals surface area contributed by atoms with E-state index in [2.05, 4.69) is 15.2 Å². The zero-order valence-corrected chi connectivity index (χ0v) is 15.0. The summed E-state index contributed by atoms with van der Waals surface area (Å²) >= 11 is 0. The van der Waals surface area contributed by atoms with Crippen LogP contribution in [0.1, 0.15) is 11.5 Å². The molecular weight excluding hydrogens is 383 g/mol. The number of sulfonamides is 1. The number of aryl methyl sites for hydroxylation is 2. The summed E-state index contributed by atoms with van der Waals surface area (Å²) in [6, 6.07) is 7.61. The Morgan fingerprint density at radius 1 is 0.926 bits per heavy atom. The van der Waals surface area contributed by atoms with Gasteiger partial charge in [0, 0.05) is 11.4 Å². The topological polar surface area (TPSA) is 84.2 Å². The lowest BCUT2D eigenvalue weighted by Crippen LogP contribution is -2.14. The number of nitrogens with zero attached hydrogens (tertiary/aromatic N) is 1. The van der Waals surface area contributed by atoms with Gasteiger partial charge in [0.05, 0.1) is 5.69 Å². The van der Waals surface area contributed by atoms with Gasteiger partial charge in [-0.3, -0.25) is 4.72 Å². The van der Waals surface area contributed by atoms with Gasteiger partial charge >= 0.3 is 0 Å². The van der Waals surface area contributed by atoms with E-state index in [-0.39, 0.29) is 27.7 Å². The Labute approximate surface area is 153 Å². The summed E-state index contributed by atoms with van der Waals surface area (Å²) in [6.07, 6.45) is 0. The second-order valence-corrected chi connectivity index (χ2v) is 7.30. The molecule has 27 heavy (non-hydrogen) atoms. The average molecular weight is 397 g/mol. The lowest BCUT2D eigenvalue weighted by molar-refractivity contribution is 0.390. The minimum atomic E-state index is -3.90. The molecule has 0 radical (unpaired) electrons. The molecule has 0 atom stereocenters. The van der Waals surface area contributed by atoms with Crippen LogP contribution in [0, 0.1) is 31.3 Å². The number of benzene rings is 2. The van der Waals surface area contributed by atoms with Crippen molar-refractivity contribution in [1.82, 2.24) is 5.16 Å². The van der Waals surface area contributed by atoms with Crippen LogP contribution in [0.2, 0.25) is 0 Å². The van der Waals surface area contributed by atoms with E-state index in [4.69, 9.17) is 4.52 Å². The SMILES string of the molecule is Cc1noc(C)c1S(=O)(=O)Nc1ccc(Nc2ccc(F)c(F)c2F)cc1. The van der Waals surface area contributed by atoms with Gasteiger partial charge in [-0.15, -0.1) is 0 Å². The van der Waals surface area contributed by atoms with Crippen molar-refractivity contribution >= 4 is 27.1 Å². The van der Waals surface area contributed by atoms with Crippen LogP contribution in [0.25, 0.3) is 0 Å². The molecule has 142 valence electrons. The van der Waals surface area contributed by atoms with Gasteiger partial charge in [0.25, 0.3) is 10.0 Å². The van der Waals surface area contributed by atoms with E-state index in [1.54, 1.807) is 0 Å². The summed E-state index contributed by atoms with van der Waals surface area (Å²) in [6.45, 7) is 2.99. The van der Waals surface area contributed by atoms with Crippen molar-refractivity contribution in [2.75, 3.05) is 10.0 Å². The van der Waals surface area contributed by atoms with Crippen molar-refractivity contribution in [3.8, 4) is 0 Å². The van der Waals surface area contributed by atoms with Gasteiger partial charge in [-0.05, 0) is 50.2 Å². The van der Waals surface area contributed by atoms with E-state index in [0.29, 0.717) is 5.69 Å². The highest BCUT2D eigenvalue weighted by Crippen LogP contribution is 2.26. The van der Waals surface area contributed by atoms with Crippen molar-refractivity contribution in [1.29, 1.82) is 0 Å². The fourth-order valence-corrected chi connectivity index (χ4v) is 3.85. The zero-order valence-electron chi connectivity index (χ0n) is 14.2. The van der Waals surface area contributed by atoms with Crippen molar-refractivity contribution in [2.45, 2.75) is 18.7 Å². The normalized spacial score (nSPS) is 11.4. The average Bonchev–Trinajstić information content (AvgIpc) is 2.96. The predicted octanol–water partition coefficient (Wildman–Crippen LogP) is 4.25. The highest BCUT2D eigenvalue weighted by Gasteiger charge is 2.24. The van der Waals surface area contributed by atoms with Crippen LogP contribution in [0.15, 0.2) is 45.8 Å². The Kier molecular flexibility index (Phi) is 4.83. The highest BCUT2D eigenvalue weighted by molar-refractivity contribution is 7.92. The molecule has 0 aliphatic rings. The molecule has 2 N–H and O–H groups in total. The smallest absolute Gasteiger partial charge is 0.267 e. The Balaban J connectivity index is 1.79. The standard InChI is InChI=1S/C17H14F3N3O3S/c1-9-17(10(2)26-22-9)27(24,25)23-12-5-3-11(4-6-12)21-14-8-7-13(18)15(19)16(14)20/h3-8,21,23H,1-2H3. The molecule has 0 fully saturated rings. The Morgan fingerprint density at radius 3 is 2.15 bits per heavy atom. The van der Waals surface area contributed by atoms with E-state index in [1.807, 2.05) is 0 Å². The van der Waals surface area contributed by atoms with Crippen LogP contribution < -0.4 is 10.0 Å². The van der Waals surface area contributed by atoms with Crippen molar-refractivity contribution in [3.63, 3.8) is 0 Å². The summed E-state index contributed by atoms with van der Waals surface area (Å²) in [7, 11) is -3.90. The molecule has 1 aromatic heterocycles. The molecule has 2 aromatic carbocycles. The largest absolute Gasteiger partial charge is 0.360 e. The van der Waals surface area contributed by atoms with Gasteiger partial charge in [-0.2, -0.15) is 0 Å². The number of nitrogens with one attached hydrogen (secondary N) is 2. The molecule has 0 unspecified atom stereocenters. The van der Waals surface area contributed by atoms with Crippen molar-refractivity contribution < 1.29 is 26.1 Å². The first-order valence-electron chi connectivity index (χ1n) is 7.65. The number of rotatable bonds is 5. The molecule has 3 rings (SSSR count). The highest BCUT2D eigenvalue weighted by atomic mass is 32.2. The molecule has 0 saturated heterocycles. The second kappa shape index (κ2) is 6.95. The van der Waals surface area contributed by atoms with Crippen molar-refractivity contribution in [3.05, 3.63) is 65.3 Å². The lowest BCUT2D eigenvalue weighted by atomic mass is 10.2. The Bertz CT molecular complexity index is 1080. The van der Waals surface area contributed by atoms with Crippen LogP contribution in [0.4, 0.5) is 30.2 Å². The Hall–Kier alpha value is -3.01. The maximum Gasteiger partial charge on any atom is 0.267 e. The quantitative estimate of drug-likeness (QED) is 0.629. The van der Waals surface area contributed by atoms with Gasteiger partial charge in [0.2, 0.25) is 0 Å². The Morgan fingerprint density at radius 2 is 1.56 bits per heavy atom. The molecule has 0 bridgehead atoms. The van der Waals surface area contributed by atoms with E-state index in [1.165, 1.54) is 38.1 Å². The summed E-state index contributed by atoms with van der Waals surface area (Å²) in [5.41, 5.74) is 0.566. The number of aromatic nitrogens is 1. The monoisotopic (exact) mass is 397 g/mol. The molecule has 1 heterocycles. The van der Waals surface area contributed by atoms with E-state index >= 15 is 0 Å². The summed E-state index contributed by atoms with van der Waals surface area (Å²) in [4.78, 5) is -0.0476. The molecule has 0 spiro atoms. The molecule has 0 aliphatic heterocycles.